The van der Waals surface area contributed by atoms with Crippen molar-refractivity contribution in [3.63, 3.8) is 0 Å². The zero-order valence-electron chi connectivity index (χ0n) is 8.04. The van der Waals surface area contributed by atoms with E-state index < -0.39 is 0 Å². The highest BCUT2D eigenvalue weighted by atomic mass is 19.1. The van der Waals surface area contributed by atoms with Crippen LogP contribution in [0.25, 0.3) is 11.0 Å². The van der Waals surface area contributed by atoms with Crippen molar-refractivity contribution >= 4 is 11.0 Å². The highest BCUT2D eigenvalue weighted by Gasteiger charge is 2.09. The summed E-state index contributed by atoms with van der Waals surface area (Å²) in [7, 11) is 0. The molecule has 0 saturated carbocycles. The first-order valence-electron chi connectivity index (χ1n) is 4.49. The fraction of sp³-hybridized carbons (Fsp3) is 0.300. The van der Waals surface area contributed by atoms with Crippen molar-refractivity contribution in [1.29, 1.82) is 0 Å². The Bertz CT molecular complexity index is 524. The lowest BCUT2D eigenvalue weighted by Crippen LogP contribution is -2.18. The first kappa shape index (κ1) is 8.99. The molecule has 14 heavy (non-hydrogen) atoms. The Hall–Kier alpha value is -1.58. The van der Waals surface area contributed by atoms with Crippen molar-refractivity contribution in [2.45, 2.75) is 19.9 Å². The molecule has 0 unspecified atom stereocenters. The van der Waals surface area contributed by atoms with Gasteiger partial charge in [-0.2, -0.15) is 0 Å². The third-order valence-electron chi connectivity index (χ3n) is 2.19. The van der Waals surface area contributed by atoms with E-state index in [1.807, 2.05) is 13.8 Å². The monoisotopic (exact) mass is 194 g/mol. The van der Waals surface area contributed by atoms with Gasteiger partial charge in [0, 0.05) is 6.04 Å². The molecule has 0 aliphatic heterocycles. The van der Waals surface area contributed by atoms with Crippen LogP contribution in [0, 0.1) is 5.82 Å². The summed E-state index contributed by atoms with van der Waals surface area (Å²) in [5.74, 6) is -0.338. The largest absolute Gasteiger partial charge is 0.326 e. The number of fused-ring (bicyclic) bond motifs is 1. The van der Waals surface area contributed by atoms with Gasteiger partial charge in [-0.05, 0) is 32.0 Å². The Morgan fingerprint density at radius 2 is 2.14 bits per heavy atom. The zero-order chi connectivity index (χ0) is 10.3. The predicted octanol–water partition coefficient (Wildman–Crippen LogP) is 2.05. The van der Waals surface area contributed by atoms with E-state index in [9.17, 15) is 9.18 Å². The number of imidazole rings is 1. The van der Waals surface area contributed by atoms with Crippen molar-refractivity contribution in [3.05, 3.63) is 34.5 Å². The van der Waals surface area contributed by atoms with E-state index in [-0.39, 0.29) is 17.5 Å². The third kappa shape index (κ3) is 1.23. The average Bonchev–Trinajstić information content (AvgIpc) is 2.39. The highest BCUT2D eigenvalue weighted by Crippen LogP contribution is 2.15. The molecular formula is C10H11FN2O. The maximum Gasteiger partial charge on any atom is 0.326 e. The van der Waals surface area contributed by atoms with Crippen molar-refractivity contribution in [1.82, 2.24) is 9.55 Å². The SMILES string of the molecule is CC(C)n1c(=O)[nH]c2cc(F)ccc21. The fourth-order valence-corrected chi connectivity index (χ4v) is 1.62. The number of aromatic nitrogens is 2. The highest BCUT2D eigenvalue weighted by molar-refractivity contribution is 5.75. The Labute approximate surface area is 80.2 Å². The number of nitrogens with zero attached hydrogens (tertiary/aromatic N) is 1. The topological polar surface area (TPSA) is 37.8 Å². The van der Waals surface area contributed by atoms with Crippen LogP contribution < -0.4 is 5.69 Å². The van der Waals surface area contributed by atoms with E-state index in [0.29, 0.717) is 5.52 Å². The van der Waals surface area contributed by atoms with Gasteiger partial charge in [0.05, 0.1) is 11.0 Å². The molecule has 3 nitrogen and oxygen atoms in total. The third-order valence-corrected chi connectivity index (χ3v) is 2.19. The van der Waals surface area contributed by atoms with Crippen molar-refractivity contribution < 1.29 is 4.39 Å². The quantitative estimate of drug-likeness (QED) is 0.741. The normalized spacial score (nSPS) is 11.4. The lowest BCUT2D eigenvalue weighted by atomic mass is 10.3. The van der Waals surface area contributed by atoms with Gasteiger partial charge in [0.1, 0.15) is 5.82 Å². The summed E-state index contributed by atoms with van der Waals surface area (Å²) in [6.07, 6.45) is 0. The first-order chi connectivity index (χ1) is 6.59. The van der Waals surface area contributed by atoms with E-state index in [2.05, 4.69) is 4.98 Å². The lowest BCUT2D eigenvalue weighted by molar-refractivity contribution is 0.597. The van der Waals surface area contributed by atoms with Gasteiger partial charge in [-0.3, -0.25) is 4.57 Å². The molecule has 1 N–H and O–H groups in total. The number of benzene rings is 1. The van der Waals surface area contributed by atoms with Crippen molar-refractivity contribution in [2.24, 2.45) is 0 Å². The Balaban J connectivity index is 2.84. The number of hydrogen-bond acceptors (Lipinski definition) is 1. The van der Waals surface area contributed by atoms with Crippen LogP contribution in [0.4, 0.5) is 4.39 Å². The minimum atomic E-state index is -0.338. The molecule has 0 bridgehead atoms. The summed E-state index contributed by atoms with van der Waals surface area (Å²) in [6, 6.07) is 4.37. The molecule has 1 aromatic heterocycles. The summed E-state index contributed by atoms with van der Waals surface area (Å²) < 4.78 is 14.5. The second-order valence-electron chi connectivity index (χ2n) is 3.56. The Morgan fingerprint density at radius 1 is 1.43 bits per heavy atom. The molecule has 2 aromatic rings. The molecule has 0 radical (unpaired) electrons. The van der Waals surface area contributed by atoms with Crippen LogP contribution in [0.3, 0.4) is 0 Å². The van der Waals surface area contributed by atoms with E-state index in [0.717, 1.165) is 5.52 Å². The second-order valence-corrected chi connectivity index (χ2v) is 3.56. The van der Waals surface area contributed by atoms with Crippen LogP contribution in [0.1, 0.15) is 19.9 Å². The molecule has 0 saturated heterocycles. The molecule has 0 spiro atoms. The van der Waals surface area contributed by atoms with Gasteiger partial charge in [0.15, 0.2) is 0 Å². The Kier molecular flexibility index (Phi) is 1.91. The van der Waals surface area contributed by atoms with Gasteiger partial charge < -0.3 is 4.98 Å². The molecule has 0 aliphatic carbocycles. The maximum absolute atomic E-state index is 12.8. The summed E-state index contributed by atoms with van der Waals surface area (Å²) >= 11 is 0. The molecule has 4 heteroatoms. The summed E-state index contributed by atoms with van der Waals surface area (Å²) in [5.41, 5.74) is 1.09. The number of halogens is 1. The lowest BCUT2D eigenvalue weighted by Gasteiger charge is -2.05. The number of hydrogen-bond donors (Lipinski definition) is 1. The van der Waals surface area contributed by atoms with Crippen LogP contribution in [0.2, 0.25) is 0 Å². The van der Waals surface area contributed by atoms with E-state index >= 15 is 0 Å². The van der Waals surface area contributed by atoms with Crippen LogP contribution in [-0.2, 0) is 0 Å². The summed E-state index contributed by atoms with van der Waals surface area (Å²) in [4.78, 5) is 14.1. The Morgan fingerprint density at radius 3 is 2.79 bits per heavy atom. The van der Waals surface area contributed by atoms with Gasteiger partial charge in [-0.25, -0.2) is 9.18 Å². The van der Waals surface area contributed by atoms with Gasteiger partial charge in [0.2, 0.25) is 0 Å². The summed E-state index contributed by atoms with van der Waals surface area (Å²) in [5, 5.41) is 0. The maximum atomic E-state index is 12.8. The van der Waals surface area contributed by atoms with Crippen molar-refractivity contribution in [2.75, 3.05) is 0 Å². The van der Waals surface area contributed by atoms with Gasteiger partial charge in [-0.15, -0.1) is 0 Å². The van der Waals surface area contributed by atoms with Gasteiger partial charge in [0.25, 0.3) is 0 Å². The van der Waals surface area contributed by atoms with E-state index in [1.165, 1.54) is 12.1 Å². The summed E-state index contributed by atoms with van der Waals surface area (Å²) in [6.45, 7) is 3.83. The number of rotatable bonds is 1. The molecule has 1 aromatic carbocycles. The molecule has 0 aliphatic rings. The zero-order valence-corrected chi connectivity index (χ0v) is 8.04. The molecule has 0 amide bonds. The van der Waals surface area contributed by atoms with Gasteiger partial charge in [-0.1, -0.05) is 0 Å². The number of nitrogens with one attached hydrogen (secondary N) is 1. The van der Waals surface area contributed by atoms with Crippen LogP contribution in [0.5, 0.6) is 0 Å². The minimum absolute atomic E-state index is 0.0710. The van der Waals surface area contributed by atoms with Gasteiger partial charge >= 0.3 is 5.69 Å². The first-order valence-corrected chi connectivity index (χ1v) is 4.49. The molecule has 2 rings (SSSR count). The predicted molar refractivity (Wildman–Crippen MR) is 52.9 cm³/mol. The fourth-order valence-electron chi connectivity index (χ4n) is 1.62. The van der Waals surface area contributed by atoms with E-state index in [4.69, 9.17) is 0 Å². The number of H-pyrrole nitrogens is 1. The minimum Gasteiger partial charge on any atom is -0.305 e. The van der Waals surface area contributed by atoms with E-state index in [1.54, 1.807) is 10.6 Å². The van der Waals surface area contributed by atoms with Crippen molar-refractivity contribution in [3.8, 4) is 0 Å². The molecule has 0 atom stereocenters. The molecule has 0 fully saturated rings. The van der Waals surface area contributed by atoms with Crippen LogP contribution in [-0.4, -0.2) is 9.55 Å². The molecule has 74 valence electrons. The second kappa shape index (κ2) is 2.97. The average molecular weight is 194 g/mol. The standard InChI is InChI=1S/C10H11FN2O/c1-6(2)13-9-4-3-7(11)5-8(9)12-10(13)14/h3-6H,1-2H3,(H,12,14). The van der Waals surface area contributed by atoms with Crippen LogP contribution >= 0.6 is 0 Å². The van der Waals surface area contributed by atoms with Crippen LogP contribution in [0.15, 0.2) is 23.0 Å². The molecular weight excluding hydrogens is 183 g/mol. The number of aromatic amines is 1. The smallest absolute Gasteiger partial charge is 0.305 e. The molecule has 1 heterocycles.